The molecule has 0 saturated heterocycles. The summed E-state index contributed by atoms with van der Waals surface area (Å²) in [5, 5.41) is 21.8. The molecular weight excluding hydrogens is 1030 g/mol. The first kappa shape index (κ1) is 65.7. The van der Waals surface area contributed by atoms with Gasteiger partial charge in [0.1, 0.15) is 11.5 Å². The highest BCUT2D eigenvalue weighted by molar-refractivity contribution is 5.53. The summed E-state index contributed by atoms with van der Waals surface area (Å²) >= 11 is 0. The SMILES string of the molecule is CC(C)(C)c1cc(CCc2ccc(Cc3ccccc3)cc2)c(O)c(C(C)(C)C)c1.Cc1cc(CN(c2ccc(Cc3ccc(Cc4ccc(Cc5ccc(CC(C)CC(C)(C)C)cc5)cc4)cc3)cc2)C(C)CC(C)C)cc(C(C)(C)C)c1O. The van der Waals surface area contributed by atoms with Crippen LogP contribution in [0, 0.1) is 24.2 Å². The molecule has 8 aromatic rings. The minimum absolute atomic E-state index is 0.0571. The van der Waals surface area contributed by atoms with E-state index < -0.39 is 0 Å². The maximum absolute atomic E-state index is 11.0. The van der Waals surface area contributed by atoms with Crippen LogP contribution in [-0.2, 0) is 67.7 Å². The monoisotopic (exact) mass is 1140 g/mol. The zero-order chi connectivity index (χ0) is 61.9. The number of rotatable bonds is 20. The maximum atomic E-state index is 11.0. The fraction of sp³-hybridized carbons (Fsp3) is 0.415. The van der Waals surface area contributed by atoms with Crippen molar-refractivity contribution >= 4 is 5.69 Å². The zero-order valence-electron chi connectivity index (χ0n) is 55.4. The highest BCUT2D eigenvalue weighted by atomic mass is 16.3. The lowest BCUT2D eigenvalue weighted by Gasteiger charge is -2.33. The standard InChI is InChI=1S/C53H69NO.C29H36O/c1-37(2)28-40(5)54(36-48-30-39(4)51(55)50(34-48)53(9,10)11)49-26-24-47(25-27-49)33-46-22-20-45(21-23-46)32-44-18-16-43(17-19-44)31-42-14-12-41(13-15-42)29-38(3)35-52(6,7)8;1-28(2,3)25-19-24(27(30)26(20-25)29(4,5)6)17-16-21-12-14-23(15-13-21)18-22-10-8-7-9-11-22/h12-27,30,34,37-38,40,55H,28-29,31-33,35-36H2,1-11H3;7-15,19-20,30H,16-18H2,1-6H3. The average molecular weight is 1140 g/mol. The third-order valence-corrected chi connectivity index (χ3v) is 16.8. The van der Waals surface area contributed by atoms with Crippen LogP contribution in [0.15, 0.2) is 176 Å². The van der Waals surface area contributed by atoms with Crippen LogP contribution in [0.5, 0.6) is 11.5 Å². The molecule has 0 heterocycles. The number of nitrogens with zero attached hydrogens (tertiary/aromatic N) is 1. The van der Waals surface area contributed by atoms with Gasteiger partial charge in [-0.25, -0.2) is 0 Å². The average Bonchev–Trinajstić information content (AvgIpc) is 1.77. The van der Waals surface area contributed by atoms with E-state index in [0.29, 0.717) is 34.8 Å². The van der Waals surface area contributed by atoms with Gasteiger partial charge in [-0.15, -0.1) is 0 Å². The Morgan fingerprint density at radius 3 is 1.21 bits per heavy atom. The fourth-order valence-electron chi connectivity index (χ4n) is 12.2. The summed E-state index contributed by atoms with van der Waals surface area (Å²) in [6.45, 7) is 38.9. The molecule has 450 valence electrons. The Bertz CT molecular complexity index is 3340. The Morgan fingerprint density at radius 1 is 0.400 bits per heavy atom. The highest BCUT2D eigenvalue weighted by Gasteiger charge is 2.26. The van der Waals surface area contributed by atoms with Crippen LogP contribution >= 0.6 is 0 Å². The van der Waals surface area contributed by atoms with Gasteiger partial charge >= 0.3 is 0 Å². The van der Waals surface area contributed by atoms with Crippen LogP contribution in [-0.4, -0.2) is 16.3 Å². The first-order chi connectivity index (χ1) is 39.9. The molecule has 0 aliphatic carbocycles. The molecule has 0 saturated carbocycles. The Hall–Kier alpha value is -6.84. The molecule has 0 radical (unpaired) electrons. The molecule has 2 unspecified atom stereocenters. The summed E-state index contributed by atoms with van der Waals surface area (Å²) in [4.78, 5) is 2.54. The molecular formula is C82H105NO2. The Morgan fingerprint density at radius 2 is 0.800 bits per heavy atom. The van der Waals surface area contributed by atoms with Crippen molar-refractivity contribution in [2.45, 2.75) is 204 Å². The quantitative estimate of drug-likeness (QED) is 0.0799. The van der Waals surface area contributed by atoms with E-state index in [-0.39, 0.29) is 16.2 Å². The Balaban J connectivity index is 0.000000290. The van der Waals surface area contributed by atoms with Crippen LogP contribution in [0.2, 0.25) is 0 Å². The van der Waals surface area contributed by atoms with Crippen LogP contribution in [0.3, 0.4) is 0 Å². The molecule has 2 atom stereocenters. The Labute approximate surface area is 516 Å². The van der Waals surface area contributed by atoms with Crippen molar-refractivity contribution < 1.29 is 10.2 Å². The summed E-state index contributed by atoms with van der Waals surface area (Å²) in [5.41, 5.74) is 21.6. The van der Waals surface area contributed by atoms with Gasteiger partial charge in [-0.2, -0.15) is 0 Å². The fourth-order valence-corrected chi connectivity index (χ4v) is 12.2. The minimum atomic E-state index is -0.121. The second-order valence-corrected chi connectivity index (χ2v) is 29.9. The lowest BCUT2D eigenvalue weighted by Crippen LogP contribution is -2.33. The van der Waals surface area contributed by atoms with Gasteiger partial charge in [-0.05, 0) is 212 Å². The van der Waals surface area contributed by atoms with Crippen LogP contribution in [0.4, 0.5) is 5.69 Å². The number of hydrogen-bond donors (Lipinski definition) is 2. The van der Waals surface area contributed by atoms with Gasteiger partial charge in [-0.3, -0.25) is 0 Å². The van der Waals surface area contributed by atoms with Crippen molar-refractivity contribution in [2.24, 2.45) is 17.3 Å². The number of hydrogen-bond acceptors (Lipinski definition) is 3. The lowest BCUT2D eigenvalue weighted by molar-refractivity contribution is 0.306. The molecule has 0 aliphatic heterocycles. The summed E-state index contributed by atoms with van der Waals surface area (Å²) in [5.74, 6) is 2.20. The number of aromatic hydroxyl groups is 2. The van der Waals surface area contributed by atoms with Crippen LogP contribution in [0.25, 0.3) is 0 Å². The van der Waals surface area contributed by atoms with E-state index in [1.54, 1.807) is 0 Å². The number of aryl methyl sites for hydroxylation is 3. The summed E-state index contributed by atoms with van der Waals surface area (Å²) in [7, 11) is 0. The highest BCUT2D eigenvalue weighted by Crippen LogP contribution is 2.39. The third-order valence-electron chi connectivity index (χ3n) is 16.8. The summed E-state index contributed by atoms with van der Waals surface area (Å²) in [6, 6.07) is 65.5. The van der Waals surface area contributed by atoms with Crippen molar-refractivity contribution in [3.8, 4) is 11.5 Å². The van der Waals surface area contributed by atoms with Crippen molar-refractivity contribution in [3.63, 3.8) is 0 Å². The molecule has 0 aliphatic rings. The molecule has 85 heavy (non-hydrogen) atoms. The van der Waals surface area contributed by atoms with Crippen LogP contribution in [0.1, 0.15) is 213 Å². The van der Waals surface area contributed by atoms with Gasteiger partial charge in [-0.1, -0.05) is 262 Å². The molecule has 0 bridgehead atoms. The predicted octanol–water partition coefficient (Wildman–Crippen LogP) is 21.2. The van der Waals surface area contributed by atoms with Crippen molar-refractivity contribution in [2.75, 3.05) is 4.90 Å². The first-order valence-corrected chi connectivity index (χ1v) is 31.9. The molecule has 3 heteroatoms. The molecule has 0 amide bonds. The van der Waals surface area contributed by atoms with E-state index in [0.717, 1.165) is 80.2 Å². The molecule has 3 nitrogen and oxygen atoms in total. The van der Waals surface area contributed by atoms with Gasteiger partial charge in [0.2, 0.25) is 0 Å². The second kappa shape index (κ2) is 28.6. The van der Waals surface area contributed by atoms with E-state index in [2.05, 4.69) is 292 Å². The first-order valence-electron chi connectivity index (χ1n) is 31.9. The number of phenolic OH excluding ortho intramolecular Hbond substituents is 2. The third kappa shape index (κ3) is 20.1. The summed E-state index contributed by atoms with van der Waals surface area (Å²) in [6.07, 6.45) is 9.09. The van der Waals surface area contributed by atoms with E-state index in [1.165, 1.54) is 78.9 Å². The summed E-state index contributed by atoms with van der Waals surface area (Å²) < 4.78 is 0. The van der Waals surface area contributed by atoms with Gasteiger partial charge in [0.05, 0.1) is 0 Å². The van der Waals surface area contributed by atoms with Gasteiger partial charge < -0.3 is 15.1 Å². The minimum Gasteiger partial charge on any atom is -0.507 e. The molecule has 8 rings (SSSR count). The predicted molar refractivity (Wildman–Crippen MR) is 366 cm³/mol. The number of anilines is 1. The molecule has 8 aromatic carbocycles. The second-order valence-electron chi connectivity index (χ2n) is 29.9. The van der Waals surface area contributed by atoms with Crippen molar-refractivity contribution in [1.29, 1.82) is 0 Å². The van der Waals surface area contributed by atoms with Gasteiger partial charge in [0.25, 0.3) is 0 Å². The molecule has 0 spiro atoms. The normalized spacial score (nSPS) is 12.9. The van der Waals surface area contributed by atoms with E-state index >= 15 is 0 Å². The Kier molecular flexibility index (Phi) is 22.1. The number of phenols is 2. The largest absolute Gasteiger partial charge is 0.507 e. The van der Waals surface area contributed by atoms with Crippen molar-refractivity contribution in [1.82, 2.24) is 0 Å². The lowest BCUT2D eigenvalue weighted by atomic mass is 9.78. The molecule has 0 fully saturated rings. The number of benzene rings is 8. The zero-order valence-corrected chi connectivity index (χ0v) is 55.4. The van der Waals surface area contributed by atoms with E-state index in [9.17, 15) is 10.2 Å². The smallest absolute Gasteiger partial charge is 0.122 e. The topological polar surface area (TPSA) is 43.7 Å². The maximum Gasteiger partial charge on any atom is 0.122 e. The van der Waals surface area contributed by atoms with Crippen LogP contribution < -0.4 is 4.90 Å². The van der Waals surface area contributed by atoms with E-state index in [4.69, 9.17) is 0 Å². The van der Waals surface area contributed by atoms with Gasteiger partial charge in [0, 0.05) is 18.3 Å². The van der Waals surface area contributed by atoms with Gasteiger partial charge in [0.15, 0.2) is 0 Å². The molecule has 2 N–H and O–H groups in total. The van der Waals surface area contributed by atoms with E-state index in [1.807, 2.05) is 6.92 Å². The van der Waals surface area contributed by atoms with Crippen molar-refractivity contribution in [3.05, 3.63) is 265 Å². The molecule has 0 aromatic heterocycles.